The molecule has 0 saturated carbocycles. The van der Waals surface area contributed by atoms with Gasteiger partial charge in [-0.05, 0) is 30.7 Å². The Morgan fingerprint density at radius 3 is 2.73 bits per heavy atom. The van der Waals surface area contributed by atoms with Gasteiger partial charge in [-0.25, -0.2) is 0 Å². The highest BCUT2D eigenvalue weighted by Gasteiger charge is 2.10. The van der Waals surface area contributed by atoms with Crippen molar-refractivity contribution in [2.45, 2.75) is 13.5 Å². The Morgan fingerprint density at radius 1 is 1.19 bits per heavy atom. The van der Waals surface area contributed by atoms with Gasteiger partial charge in [0.1, 0.15) is 5.01 Å². The summed E-state index contributed by atoms with van der Waals surface area (Å²) in [5.41, 5.74) is 2.67. The van der Waals surface area contributed by atoms with E-state index < -0.39 is 0 Å². The minimum Gasteiger partial charge on any atom is -0.348 e. The standard InChI is InChI=1S/C18H14BrN5OS/c1-11-21-22-18-24(11)23-17(26-18)13-7-5-12(6-8-13)10-20-16(25)14-3-2-4-15(19)9-14/h2-9H,10H2,1H3,(H,20,25). The molecule has 26 heavy (non-hydrogen) atoms. The Labute approximate surface area is 162 Å². The molecule has 6 nitrogen and oxygen atoms in total. The van der Waals surface area contributed by atoms with E-state index in [1.807, 2.05) is 43.3 Å². The first-order chi connectivity index (χ1) is 12.6. The summed E-state index contributed by atoms with van der Waals surface area (Å²) in [4.78, 5) is 13.0. The zero-order chi connectivity index (χ0) is 18.1. The normalized spacial score (nSPS) is 11.0. The first kappa shape index (κ1) is 16.9. The Bertz CT molecular complexity index is 1090. The van der Waals surface area contributed by atoms with Crippen molar-refractivity contribution in [1.29, 1.82) is 0 Å². The van der Waals surface area contributed by atoms with Crippen molar-refractivity contribution < 1.29 is 4.79 Å². The smallest absolute Gasteiger partial charge is 0.251 e. The quantitative estimate of drug-likeness (QED) is 0.536. The van der Waals surface area contributed by atoms with E-state index in [1.54, 1.807) is 16.6 Å². The van der Waals surface area contributed by atoms with Crippen LogP contribution in [-0.4, -0.2) is 25.7 Å². The SMILES string of the molecule is Cc1nnc2sc(-c3ccc(CNC(=O)c4cccc(Br)c4)cc3)nn12. The molecule has 0 bridgehead atoms. The number of halogens is 1. The maximum absolute atomic E-state index is 12.2. The van der Waals surface area contributed by atoms with Crippen LogP contribution in [0.5, 0.6) is 0 Å². The van der Waals surface area contributed by atoms with Crippen LogP contribution in [0, 0.1) is 6.92 Å². The van der Waals surface area contributed by atoms with E-state index in [0.717, 1.165) is 31.4 Å². The van der Waals surface area contributed by atoms with E-state index in [-0.39, 0.29) is 5.91 Å². The summed E-state index contributed by atoms with van der Waals surface area (Å²) >= 11 is 4.87. The highest BCUT2D eigenvalue weighted by Crippen LogP contribution is 2.25. The van der Waals surface area contributed by atoms with Gasteiger partial charge in [0.05, 0.1) is 0 Å². The summed E-state index contributed by atoms with van der Waals surface area (Å²) < 4.78 is 2.63. The molecule has 0 fully saturated rings. The van der Waals surface area contributed by atoms with Crippen LogP contribution in [0.25, 0.3) is 15.5 Å². The monoisotopic (exact) mass is 427 g/mol. The summed E-state index contributed by atoms with van der Waals surface area (Å²) in [6.07, 6.45) is 0. The van der Waals surface area contributed by atoms with Crippen molar-refractivity contribution >= 4 is 38.1 Å². The second kappa shape index (κ2) is 6.97. The van der Waals surface area contributed by atoms with Crippen LogP contribution in [-0.2, 0) is 6.54 Å². The lowest BCUT2D eigenvalue weighted by molar-refractivity contribution is 0.0951. The third-order valence-corrected chi connectivity index (χ3v) is 5.33. The number of amides is 1. The third-order valence-electron chi connectivity index (χ3n) is 3.89. The second-order valence-corrected chi connectivity index (χ2v) is 7.61. The molecule has 2 heterocycles. The van der Waals surface area contributed by atoms with Gasteiger partial charge in [0.25, 0.3) is 5.91 Å². The van der Waals surface area contributed by atoms with Gasteiger partial charge in [-0.3, -0.25) is 4.79 Å². The van der Waals surface area contributed by atoms with E-state index in [4.69, 9.17) is 0 Å². The van der Waals surface area contributed by atoms with Crippen LogP contribution < -0.4 is 5.32 Å². The van der Waals surface area contributed by atoms with E-state index in [0.29, 0.717) is 12.1 Å². The summed E-state index contributed by atoms with van der Waals surface area (Å²) in [6, 6.07) is 15.3. The van der Waals surface area contributed by atoms with Gasteiger partial charge in [0.15, 0.2) is 5.82 Å². The van der Waals surface area contributed by atoms with Gasteiger partial charge in [-0.1, -0.05) is 57.6 Å². The molecule has 0 unspecified atom stereocenters. The first-order valence-electron chi connectivity index (χ1n) is 7.92. The van der Waals surface area contributed by atoms with Gasteiger partial charge < -0.3 is 5.32 Å². The van der Waals surface area contributed by atoms with Crippen molar-refractivity contribution in [3.8, 4) is 10.6 Å². The topological polar surface area (TPSA) is 72.2 Å². The molecule has 2 aromatic heterocycles. The minimum absolute atomic E-state index is 0.0977. The maximum Gasteiger partial charge on any atom is 0.251 e. The minimum atomic E-state index is -0.0977. The molecule has 1 amide bonds. The molecule has 8 heteroatoms. The molecule has 0 spiro atoms. The molecule has 0 radical (unpaired) electrons. The predicted octanol–water partition coefficient (Wildman–Crippen LogP) is 3.85. The third kappa shape index (κ3) is 3.38. The number of rotatable bonds is 4. The molecule has 2 aromatic carbocycles. The van der Waals surface area contributed by atoms with Gasteiger partial charge in [-0.15, -0.1) is 10.2 Å². The number of carbonyl (C=O) groups is 1. The fourth-order valence-electron chi connectivity index (χ4n) is 2.51. The zero-order valence-electron chi connectivity index (χ0n) is 13.8. The second-order valence-electron chi connectivity index (χ2n) is 5.74. The van der Waals surface area contributed by atoms with E-state index >= 15 is 0 Å². The number of nitrogens with one attached hydrogen (secondary N) is 1. The van der Waals surface area contributed by atoms with Crippen LogP contribution >= 0.6 is 27.3 Å². The number of nitrogens with zero attached hydrogens (tertiary/aromatic N) is 4. The average molecular weight is 428 g/mol. The van der Waals surface area contributed by atoms with Crippen LogP contribution in [0.15, 0.2) is 53.0 Å². The lowest BCUT2D eigenvalue weighted by Gasteiger charge is -2.06. The molecule has 4 aromatic rings. The molecule has 1 N–H and O–H groups in total. The van der Waals surface area contributed by atoms with Crippen LogP contribution in [0.1, 0.15) is 21.7 Å². The van der Waals surface area contributed by atoms with Gasteiger partial charge in [0.2, 0.25) is 4.96 Å². The van der Waals surface area contributed by atoms with Crippen LogP contribution in [0.2, 0.25) is 0 Å². The van der Waals surface area contributed by atoms with Crippen molar-refractivity contribution in [2.24, 2.45) is 0 Å². The van der Waals surface area contributed by atoms with Crippen molar-refractivity contribution in [3.63, 3.8) is 0 Å². The largest absolute Gasteiger partial charge is 0.348 e. The van der Waals surface area contributed by atoms with Gasteiger partial charge in [0, 0.05) is 22.1 Å². The van der Waals surface area contributed by atoms with Crippen LogP contribution in [0.3, 0.4) is 0 Å². The summed E-state index contributed by atoms with van der Waals surface area (Å²) in [5, 5.41) is 16.4. The van der Waals surface area contributed by atoms with Crippen molar-refractivity contribution in [3.05, 3.63) is 70.0 Å². The lowest BCUT2D eigenvalue weighted by Crippen LogP contribution is -2.22. The Kier molecular flexibility index (Phi) is 4.52. The lowest BCUT2D eigenvalue weighted by atomic mass is 10.1. The number of aromatic nitrogens is 4. The Hall–Kier alpha value is -2.58. The molecule has 0 saturated heterocycles. The number of benzene rings is 2. The number of fused-ring (bicyclic) bond motifs is 1. The Morgan fingerprint density at radius 2 is 2.00 bits per heavy atom. The summed E-state index contributed by atoms with van der Waals surface area (Å²) in [5.74, 6) is 0.675. The fourth-order valence-corrected chi connectivity index (χ4v) is 3.80. The zero-order valence-corrected chi connectivity index (χ0v) is 16.2. The Balaban J connectivity index is 1.45. The molecule has 130 valence electrons. The molecule has 0 atom stereocenters. The molecule has 4 rings (SSSR count). The number of carbonyl (C=O) groups excluding carboxylic acids is 1. The highest BCUT2D eigenvalue weighted by atomic mass is 79.9. The van der Waals surface area contributed by atoms with Gasteiger partial charge >= 0.3 is 0 Å². The van der Waals surface area contributed by atoms with E-state index in [9.17, 15) is 4.79 Å². The number of hydrogen-bond donors (Lipinski definition) is 1. The van der Waals surface area contributed by atoms with E-state index in [2.05, 4.69) is 36.5 Å². The van der Waals surface area contributed by atoms with Crippen LogP contribution in [0.4, 0.5) is 0 Å². The first-order valence-corrected chi connectivity index (χ1v) is 9.53. The van der Waals surface area contributed by atoms with Crippen molar-refractivity contribution in [1.82, 2.24) is 25.1 Å². The molecular weight excluding hydrogens is 414 g/mol. The molecule has 0 aliphatic rings. The van der Waals surface area contributed by atoms with E-state index in [1.165, 1.54) is 11.3 Å². The molecular formula is C18H14BrN5OS. The average Bonchev–Trinajstić information content (AvgIpc) is 3.22. The summed E-state index contributed by atoms with van der Waals surface area (Å²) in [7, 11) is 0. The number of aryl methyl sites for hydroxylation is 1. The maximum atomic E-state index is 12.2. The molecule has 0 aliphatic carbocycles. The predicted molar refractivity (Wildman–Crippen MR) is 104 cm³/mol. The summed E-state index contributed by atoms with van der Waals surface area (Å²) in [6.45, 7) is 2.34. The fraction of sp³-hybridized carbons (Fsp3) is 0.111. The van der Waals surface area contributed by atoms with Crippen molar-refractivity contribution in [2.75, 3.05) is 0 Å². The molecule has 0 aliphatic heterocycles. The highest BCUT2D eigenvalue weighted by molar-refractivity contribution is 9.10. The van der Waals surface area contributed by atoms with Gasteiger partial charge in [-0.2, -0.15) is 9.61 Å². The number of hydrogen-bond acceptors (Lipinski definition) is 5.